The SMILES string of the molecule is C=C(C)C(=CC)C(=O)NC1COCC1O. The van der Waals surface area contributed by atoms with Crippen molar-refractivity contribution in [2.24, 2.45) is 0 Å². The lowest BCUT2D eigenvalue weighted by atomic mass is 10.1. The molecule has 1 amide bonds. The number of nitrogens with one attached hydrogen (secondary N) is 1. The maximum absolute atomic E-state index is 11.7. The lowest BCUT2D eigenvalue weighted by molar-refractivity contribution is -0.118. The fourth-order valence-corrected chi connectivity index (χ4v) is 1.50. The molecule has 0 radical (unpaired) electrons. The van der Waals surface area contributed by atoms with Crippen LogP contribution in [0.2, 0.25) is 0 Å². The molecule has 2 unspecified atom stereocenters. The number of amides is 1. The van der Waals surface area contributed by atoms with Crippen LogP contribution in [0.4, 0.5) is 0 Å². The van der Waals surface area contributed by atoms with E-state index < -0.39 is 6.10 Å². The summed E-state index contributed by atoms with van der Waals surface area (Å²) in [5.74, 6) is -0.209. The van der Waals surface area contributed by atoms with Gasteiger partial charge in [-0.05, 0) is 19.4 Å². The summed E-state index contributed by atoms with van der Waals surface area (Å²) in [4.78, 5) is 11.7. The molecule has 1 fully saturated rings. The van der Waals surface area contributed by atoms with Crippen LogP contribution < -0.4 is 5.32 Å². The topological polar surface area (TPSA) is 58.6 Å². The number of carbonyl (C=O) groups excluding carboxylic acids is 1. The van der Waals surface area contributed by atoms with Gasteiger partial charge >= 0.3 is 0 Å². The van der Waals surface area contributed by atoms with Crippen LogP contribution in [-0.2, 0) is 9.53 Å². The molecule has 0 spiro atoms. The van der Waals surface area contributed by atoms with Gasteiger partial charge in [-0.15, -0.1) is 0 Å². The first-order chi connectivity index (χ1) is 7.06. The van der Waals surface area contributed by atoms with Crippen molar-refractivity contribution in [3.63, 3.8) is 0 Å². The average molecular weight is 211 g/mol. The van der Waals surface area contributed by atoms with Crippen molar-refractivity contribution in [2.45, 2.75) is 26.0 Å². The van der Waals surface area contributed by atoms with Crippen LogP contribution >= 0.6 is 0 Å². The molecule has 84 valence electrons. The standard InChI is InChI=1S/C11H17NO3/c1-4-8(7(2)3)11(14)12-9-5-15-6-10(9)13/h4,9-10,13H,2,5-6H2,1,3H3,(H,12,14). The van der Waals surface area contributed by atoms with Crippen molar-refractivity contribution in [3.8, 4) is 0 Å². The first-order valence-electron chi connectivity index (χ1n) is 4.95. The van der Waals surface area contributed by atoms with Crippen LogP contribution in [0.15, 0.2) is 23.8 Å². The van der Waals surface area contributed by atoms with Crippen LogP contribution in [-0.4, -0.2) is 36.4 Å². The molecule has 0 aliphatic carbocycles. The summed E-state index contributed by atoms with van der Waals surface area (Å²) >= 11 is 0. The summed E-state index contributed by atoms with van der Waals surface area (Å²) in [6.45, 7) is 7.92. The first-order valence-corrected chi connectivity index (χ1v) is 4.95. The Bertz CT molecular complexity index is 296. The maximum atomic E-state index is 11.7. The summed E-state index contributed by atoms with van der Waals surface area (Å²) in [7, 11) is 0. The second kappa shape index (κ2) is 5.09. The van der Waals surface area contributed by atoms with Gasteiger partial charge in [0, 0.05) is 5.57 Å². The highest BCUT2D eigenvalue weighted by Gasteiger charge is 2.28. The maximum Gasteiger partial charge on any atom is 0.251 e. The second-order valence-electron chi connectivity index (χ2n) is 3.67. The fraction of sp³-hybridized carbons (Fsp3) is 0.545. The van der Waals surface area contributed by atoms with Gasteiger partial charge in [-0.1, -0.05) is 12.7 Å². The van der Waals surface area contributed by atoms with Gasteiger partial charge in [-0.3, -0.25) is 4.79 Å². The van der Waals surface area contributed by atoms with E-state index in [0.29, 0.717) is 17.8 Å². The highest BCUT2D eigenvalue weighted by atomic mass is 16.5. The number of allylic oxidation sites excluding steroid dienone is 1. The van der Waals surface area contributed by atoms with Crippen LogP contribution in [0.1, 0.15) is 13.8 Å². The number of rotatable bonds is 3. The molecule has 4 nitrogen and oxygen atoms in total. The number of aliphatic hydroxyl groups is 1. The molecule has 1 rings (SSSR count). The number of carbonyl (C=O) groups is 1. The third-order valence-corrected chi connectivity index (χ3v) is 2.36. The van der Waals surface area contributed by atoms with Gasteiger partial charge in [0.05, 0.1) is 25.4 Å². The highest BCUT2D eigenvalue weighted by molar-refractivity contribution is 5.97. The fourth-order valence-electron chi connectivity index (χ4n) is 1.50. The van der Waals surface area contributed by atoms with Gasteiger partial charge in [-0.25, -0.2) is 0 Å². The molecule has 0 aromatic rings. The largest absolute Gasteiger partial charge is 0.388 e. The minimum absolute atomic E-state index is 0.209. The Morgan fingerprint density at radius 1 is 1.60 bits per heavy atom. The van der Waals surface area contributed by atoms with E-state index in [4.69, 9.17) is 4.74 Å². The molecule has 1 aliphatic heterocycles. The van der Waals surface area contributed by atoms with E-state index in [1.807, 2.05) is 0 Å². The highest BCUT2D eigenvalue weighted by Crippen LogP contribution is 2.10. The number of hydrogen-bond donors (Lipinski definition) is 2. The average Bonchev–Trinajstić information content (AvgIpc) is 2.52. The monoisotopic (exact) mass is 211 g/mol. The zero-order valence-corrected chi connectivity index (χ0v) is 9.12. The Morgan fingerprint density at radius 3 is 2.67 bits per heavy atom. The van der Waals surface area contributed by atoms with E-state index >= 15 is 0 Å². The van der Waals surface area contributed by atoms with E-state index in [0.717, 1.165) is 0 Å². The summed E-state index contributed by atoms with van der Waals surface area (Å²) in [5.41, 5.74) is 1.26. The zero-order valence-electron chi connectivity index (χ0n) is 9.12. The minimum Gasteiger partial charge on any atom is -0.388 e. The van der Waals surface area contributed by atoms with Gasteiger partial charge in [-0.2, -0.15) is 0 Å². The van der Waals surface area contributed by atoms with Crippen LogP contribution in [0.5, 0.6) is 0 Å². The smallest absolute Gasteiger partial charge is 0.251 e. The van der Waals surface area contributed by atoms with Gasteiger partial charge in [0.2, 0.25) is 0 Å². The molecule has 0 aromatic carbocycles. The Balaban J connectivity index is 2.58. The van der Waals surface area contributed by atoms with Gasteiger partial charge in [0.15, 0.2) is 0 Å². The molecule has 1 saturated heterocycles. The van der Waals surface area contributed by atoms with Crippen molar-refractivity contribution in [3.05, 3.63) is 23.8 Å². The number of hydrogen-bond acceptors (Lipinski definition) is 3. The molecule has 15 heavy (non-hydrogen) atoms. The Kier molecular flexibility index (Phi) is 4.05. The summed E-state index contributed by atoms with van der Waals surface area (Å²) in [6.07, 6.45) is 1.09. The summed E-state index contributed by atoms with van der Waals surface area (Å²) < 4.78 is 5.04. The third-order valence-electron chi connectivity index (χ3n) is 2.36. The molecule has 2 atom stereocenters. The lowest BCUT2D eigenvalue weighted by Crippen LogP contribution is -2.43. The lowest BCUT2D eigenvalue weighted by Gasteiger charge is -2.15. The van der Waals surface area contributed by atoms with Crippen LogP contribution in [0, 0.1) is 0 Å². The predicted octanol–water partition coefficient (Wildman–Crippen LogP) is 0.385. The minimum atomic E-state index is -0.614. The third kappa shape index (κ3) is 2.91. The molecule has 0 bridgehead atoms. The van der Waals surface area contributed by atoms with E-state index in [2.05, 4.69) is 11.9 Å². The van der Waals surface area contributed by atoms with Crippen molar-refractivity contribution in [1.29, 1.82) is 0 Å². The predicted molar refractivity (Wildman–Crippen MR) is 57.3 cm³/mol. The Hall–Kier alpha value is -1.13. The molecule has 4 heteroatoms. The summed E-state index contributed by atoms with van der Waals surface area (Å²) in [6, 6.07) is -0.313. The van der Waals surface area contributed by atoms with E-state index in [9.17, 15) is 9.90 Å². The quantitative estimate of drug-likeness (QED) is 0.524. The molecule has 2 N–H and O–H groups in total. The van der Waals surface area contributed by atoms with Crippen molar-refractivity contribution in [2.75, 3.05) is 13.2 Å². The van der Waals surface area contributed by atoms with Gasteiger partial charge in [0.25, 0.3) is 5.91 Å². The Morgan fingerprint density at radius 2 is 2.27 bits per heavy atom. The number of ether oxygens (including phenoxy) is 1. The zero-order chi connectivity index (χ0) is 11.4. The van der Waals surface area contributed by atoms with Crippen molar-refractivity contribution < 1.29 is 14.6 Å². The van der Waals surface area contributed by atoms with Crippen molar-refractivity contribution in [1.82, 2.24) is 5.32 Å². The molecular formula is C11H17NO3. The van der Waals surface area contributed by atoms with E-state index in [1.165, 1.54) is 0 Å². The van der Waals surface area contributed by atoms with Crippen molar-refractivity contribution >= 4 is 5.91 Å². The summed E-state index contributed by atoms with van der Waals surface area (Å²) in [5, 5.41) is 12.2. The molecular weight excluding hydrogens is 194 g/mol. The number of aliphatic hydroxyl groups excluding tert-OH is 1. The first kappa shape index (κ1) is 11.9. The van der Waals surface area contributed by atoms with Crippen LogP contribution in [0.25, 0.3) is 0 Å². The van der Waals surface area contributed by atoms with E-state index in [-0.39, 0.29) is 18.6 Å². The normalized spacial score (nSPS) is 26.5. The van der Waals surface area contributed by atoms with E-state index in [1.54, 1.807) is 19.9 Å². The van der Waals surface area contributed by atoms with Gasteiger partial charge in [0.1, 0.15) is 0 Å². The van der Waals surface area contributed by atoms with Gasteiger partial charge < -0.3 is 15.2 Å². The molecule has 1 aliphatic rings. The Labute approximate surface area is 89.6 Å². The molecule has 1 heterocycles. The molecule has 0 aromatic heterocycles. The molecule has 0 saturated carbocycles. The second-order valence-corrected chi connectivity index (χ2v) is 3.67. The van der Waals surface area contributed by atoms with Crippen LogP contribution in [0.3, 0.4) is 0 Å².